The molecular weight excluding hydrogens is 208 g/mol. The molecule has 5 nitrogen and oxygen atoms in total. The van der Waals surface area contributed by atoms with Gasteiger partial charge in [-0.2, -0.15) is 0 Å². The molecule has 0 spiro atoms. The zero-order valence-electron chi connectivity index (χ0n) is 9.34. The number of rotatable bonds is 2. The Kier molecular flexibility index (Phi) is 2.78. The van der Waals surface area contributed by atoms with Gasteiger partial charge in [0.2, 0.25) is 0 Å². The fourth-order valence-electron chi connectivity index (χ4n) is 1.90. The van der Waals surface area contributed by atoms with E-state index < -0.39 is 5.97 Å². The third-order valence-corrected chi connectivity index (χ3v) is 2.82. The van der Waals surface area contributed by atoms with Crippen molar-refractivity contribution in [3.63, 3.8) is 0 Å². The van der Waals surface area contributed by atoms with Crippen LogP contribution in [0, 0.1) is 0 Å². The van der Waals surface area contributed by atoms with Crippen molar-refractivity contribution >= 4 is 5.97 Å². The summed E-state index contributed by atoms with van der Waals surface area (Å²) in [6, 6.07) is 3.36. The number of ether oxygens (including phenoxy) is 1. The molecule has 0 amide bonds. The number of carbonyl (C=O) groups is 1. The number of esters is 1. The van der Waals surface area contributed by atoms with Gasteiger partial charge in [-0.05, 0) is 19.2 Å². The maximum Gasteiger partial charge on any atom is 0.343 e. The van der Waals surface area contributed by atoms with Crippen molar-refractivity contribution in [3.05, 3.63) is 34.2 Å². The van der Waals surface area contributed by atoms with Gasteiger partial charge < -0.3 is 14.2 Å². The van der Waals surface area contributed by atoms with E-state index in [1.165, 1.54) is 13.2 Å². The third-order valence-electron chi connectivity index (χ3n) is 2.82. The van der Waals surface area contributed by atoms with Crippen LogP contribution >= 0.6 is 0 Å². The third kappa shape index (κ3) is 1.74. The first-order valence-corrected chi connectivity index (χ1v) is 5.11. The Hall–Kier alpha value is -1.62. The highest BCUT2D eigenvalue weighted by atomic mass is 16.5. The summed E-state index contributed by atoms with van der Waals surface area (Å²) in [6.45, 7) is 1.68. The molecule has 0 N–H and O–H groups in total. The molecule has 2 heterocycles. The van der Waals surface area contributed by atoms with E-state index in [0.29, 0.717) is 0 Å². The normalized spacial score (nSPS) is 16.9. The Morgan fingerprint density at radius 3 is 2.75 bits per heavy atom. The van der Waals surface area contributed by atoms with Gasteiger partial charge >= 0.3 is 5.97 Å². The number of carbonyl (C=O) groups excluding carboxylic acids is 1. The first-order valence-electron chi connectivity index (χ1n) is 5.11. The van der Waals surface area contributed by atoms with Crippen LogP contribution in [-0.2, 0) is 4.74 Å². The Balaban J connectivity index is 2.34. The summed E-state index contributed by atoms with van der Waals surface area (Å²) in [5, 5.41) is 0. The molecule has 2 rings (SSSR count). The Bertz CT molecular complexity index is 461. The molecule has 1 aliphatic heterocycles. The van der Waals surface area contributed by atoms with E-state index in [1.54, 1.807) is 16.8 Å². The number of methoxy groups -OCH3 is 1. The topological polar surface area (TPSA) is 51.5 Å². The molecule has 86 valence electrons. The fraction of sp³-hybridized carbons (Fsp3) is 0.455. The number of likely N-dealkylation sites (N-methyl/N-ethyl adjacent to an activating group) is 1. The fourth-order valence-corrected chi connectivity index (χ4v) is 1.90. The molecule has 0 bridgehead atoms. The molecule has 0 aliphatic carbocycles. The number of nitrogens with zero attached hydrogens (tertiary/aromatic N) is 2. The summed E-state index contributed by atoms with van der Waals surface area (Å²) in [5.74, 6) is -0.577. The van der Waals surface area contributed by atoms with Crippen molar-refractivity contribution in [2.45, 2.75) is 6.04 Å². The predicted octanol–water partition coefficient (Wildman–Crippen LogP) is 0.121. The van der Waals surface area contributed by atoms with Gasteiger partial charge in [0.15, 0.2) is 0 Å². The molecule has 1 aliphatic rings. The van der Waals surface area contributed by atoms with E-state index in [9.17, 15) is 9.59 Å². The van der Waals surface area contributed by atoms with Crippen LogP contribution in [0.15, 0.2) is 23.1 Å². The van der Waals surface area contributed by atoms with Gasteiger partial charge in [-0.3, -0.25) is 4.79 Å². The molecule has 1 aromatic heterocycles. The highest BCUT2D eigenvalue weighted by molar-refractivity contribution is 5.88. The predicted molar refractivity (Wildman–Crippen MR) is 58.6 cm³/mol. The zero-order chi connectivity index (χ0) is 11.7. The first-order chi connectivity index (χ1) is 7.63. The summed E-state index contributed by atoms with van der Waals surface area (Å²) < 4.78 is 6.17. The van der Waals surface area contributed by atoms with Crippen molar-refractivity contribution < 1.29 is 9.53 Å². The SMILES string of the molecule is COC(=O)c1cccn(C2CN(C)C2)c1=O. The molecule has 5 heteroatoms. The van der Waals surface area contributed by atoms with Gasteiger partial charge in [0.1, 0.15) is 5.56 Å². The van der Waals surface area contributed by atoms with E-state index in [4.69, 9.17) is 0 Å². The molecule has 1 fully saturated rings. The van der Waals surface area contributed by atoms with Crippen LogP contribution in [-0.4, -0.2) is 42.7 Å². The number of hydrogen-bond donors (Lipinski definition) is 0. The lowest BCUT2D eigenvalue weighted by atomic mass is 10.1. The summed E-state index contributed by atoms with van der Waals surface area (Å²) in [4.78, 5) is 25.4. The van der Waals surface area contributed by atoms with Crippen LogP contribution in [0.2, 0.25) is 0 Å². The summed E-state index contributed by atoms with van der Waals surface area (Å²) in [5.41, 5.74) is -0.174. The molecule has 0 radical (unpaired) electrons. The van der Waals surface area contributed by atoms with E-state index >= 15 is 0 Å². The maximum atomic E-state index is 12.0. The van der Waals surface area contributed by atoms with Crippen LogP contribution in [0.5, 0.6) is 0 Å². The van der Waals surface area contributed by atoms with Gasteiger partial charge in [0.25, 0.3) is 5.56 Å². The smallest absolute Gasteiger partial charge is 0.343 e. The van der Waals surface area contributed by atoms with Crippen molar-refractivity contribution in [2.75, 3.05) is 27.2 Å². The lowest BCUT2D eigenvalue weighted by Gasteiger charge is -2.37. The van der Waals surface area contributed by atoms with Gasteiger partial charge in [-0.25, -0.2) is 4.79 Å². The van der Waals surface area contributed by atoms with E-state index in [-0.39, 0.29) is 17.2 Å². The molecular formula is C11H14N2O3. The zero-order valence-corrected chi connectivity index (χ0v) is 9.34. The van der Waals surface area contributed by atoms with E-state index in [2.05, 4.69) is 9.64 Å². The minimum Gasteiger partial charge on any atom is -0.465 e. The van der Waals surface area contributed by atoms with Crippen molar-refractivity contribution in [3.8, 4) is 0 Å². The average Bonchev–Trinajstić information content (AvgIpc) is 2.25. The summed E-state index contributed by atoms with van der Waals surface area (Å²) in [7, 11) is 3.27. The van der Waals surface area contributed by atoms with Gasteiger partial charge in [-0.1, -0.05) is 0 Å². The van der Waals surface area contributed by atoms with Gasteiger partial charge in [0.05, 0.1) is 13.2 Å². The molecule has 16 heavy (non-hydrogen) atoms. The van der Waals surface area contributed by atoms with E-state index in [0.717, 1.165) is 13.1 Å². The van der Waals surface area contributed by atoms with Crippen LogP contribution in [0.1, 0.15) is 16.4 Å². The Labute approximate surface area is 93.2 Å². The highest BCUT2D eigenvalue weighted by Gasteiger charge is 2.26. The number of likely N-dealkylation sites (tertiary alicyclic amines) is 1. The summed E-state index contributed by atoms with van der Waals surface area (Å²) >= 11 is 0. The monoisotopic (exact) mass is 222 g/mol. The van der Waals surface area contributed by atoms with E-state index in [1.807, 2.05) is 7.05 Å². The van der Waals surface area contributed by atoms with Crippen molar-refractivity contribution in [1.82, 2.24) is 9.47 Å². The summed E-state index contributed by atoms with van der Waals surface area (Å²) in [6.07, 6.45) is 1.71. The van der Waals surface area contributed by atoms with Crippen LogP contribution < -0.4 is 5.56 Å². The molecule has 0 aromatic carbocycles. The van der Waals surface area contributed by atoms with Gasteiger partial charge in [0, 0.05) is 19.3 Å². The standard InChI is InChI=1S/C11H14N2O3/c1-12-6-8(7-12)13-5-3-4-9(10(13)14)11(15)16-2/h3-5,8H,6-7H2,1-2H3. The first kappa shape index (κ1) is 10.9. The maximum absolute atomic E-state index is 12.0. The van der Waals surface area contributed by atoms with Crippen LogP contribution in [0.3, 0.4) is 0 Å². The number of pyridine rings is 1. The minimum atomic E-state index is -0.577. The number of hydrogen-bond acceptors (Lipinski definition) is 4. The Morgan fingerprint density at radius 1 is 1.50 bits per heavy atom. The average molecular weight is 222 g/mol. The minimum absolute atomic E-state index is 0.0968. The lowest BCUT2D eigenvalue weighted by Crippen LogP contribution is -2.48. The molecule has 1 aromatic rings. The molecule has 0 atom stereocenters. The van der Waals surface area contributed by atoms with Crippen LogP contribution in [0.25, 0.3) is 0 Å². The van der Waals surface area contributed by atoms with Crippen LogP contribution in [0.4, 0.5) is 0 Å². The van der Waals surface area contributed by atoms with Crippen molar-refractivity contribution in [2.24, 2.45) is 0 Å². The molecule has 0 unspecified atom stereocenters. The largest absolute Gasteiger partial charge is 0.465 e. The Morgan fingerprint density at radius 2 is 2.19 bits per heavy atom. The molecule has 1 saturated heterocycles. The number of aromatic nitrogens is 1. The lowest BCUT2D eigenvalue weighted by molar-refractivity contribution is 0.0596. The molecule has 0 saturated carbocycles. The van der Waals surface area contributed by atoms with Gasteiger partial charge in [-0.15, -0.1) is 0 Å². The second-order valence-corrected chi connectivity index (χ2v) is 4.00. The second kappa shape index (κ2) is 4.09. The quantitative estimate of drug-likeness (QED) is 0.667. The second-order valence-electron chi connectivity index (χ2n) is 4.00. The highest BCUT2D eigenvalue weighted by Crippen LogP contribution is 2.16. The van der Waals surface area contributed by atoms with Crippen molar-refractivity contribution in [1.29, 1.82) is 0 Å².